The van der Waals surface area contributed by atoms with E-state index in [2.05, 4.69) is 14.8 Å². The van der Waals surface area contributed by atoms with Gasteiger partial charge >= 0.3 is 5.97 Å². The van der Waals surface area contributed by atoms with E-state index in [-0.39, 0.29) is 5.69 Å². The normalized spacial score (nSPS) is 24.3. The molecule has 3 heterocycles. The van der Waals surface area contributed by atoms with Gasteiger partial charge in [-0.25, -0.2) is 9.78 Å². The molecule has 20 heavy (non-hydrogen) atoms. The average molecular weight is 275 g/mol. The molecule has 2 aliphatic heterocycles. The molecule has 0 spiro atoms. The molecule has 1 aromatic heterocycles. The van der Waals surface area contributed by atoms with Crippen LogP contribution in [-0.4, -0.2) is 58.1 Å². The maximum Gasteiger partial charge on any atom is 0.354 e. The zero-order valence-electron chi connectivity index (χ0n) is 11.7. The van der Waals surface area contributed by atoms with E-state index in [1.165, 1.54) is 32.4 Å². The molecule has 5 heteroatoms. The predicted octanol–water partition coefficient (Wildman–Crippen LogP) is 1.45. The van der Waals surface area contributed by atoms with Crippen molar-refractivity contribution >= 4 is 5.97 Å². The fourth-order valence-electron chi connectivity index (χ4n) is 3.37. The second-order valence-electron chi connectivity index (χ2n) is 5.78. The predicted molar refractivity (Wildman–Crippen MR) is 75.7 cm³/mol. The maximum atomic E-state index is 11.0. The number of nitrogens with zero attached hydrogens (tertiary/aromatic N) is 3. The molecule has 3 rings (SSSR count). The Balaban J connectivity index is 1.67. The molecule has 2 fully saturated rings. The number of aromatic nitrogens is 1. The summed E-state index contributed by atoms with van der Waals surface area (Å²) in [5.41, 5.74) is 1.18. The number of aromatic carboxylic acids is 1. The lowest BCUT2D eigenvalue weighted by Crippen LogP contribution is -2.36. The van der Waals surface area contributed by atoms with Crippen LogP contribution < -0.4 is 0 Å². The Kier molecular flexibility index (Phi) is 3.98. The van der Waals surface area contributed by atoms with Gasteiger partial charge in [-0.15, -0.1) is 0 Å². The molecule has 2 aliphatic rings. The fraction of sp³-hybridized carbons (Fsp3) is 0.600. The minimum Gasteiger partial charge on any atom is -0.477 e. The third kappa shape index (κ3) is 2.99. The van der Waals surface area contributed by atoms with Crippen molar-refractivity contribution in [2.45, 2.75) is 31.8 Å². The maximum absolute atomic E-state index is 11.0. The first-order chi connectivity index (χ1) is 9.72. The number of carboxylic acid groups (broad SMARTS) is 1. The zero-order valence-corrected chi connectivity index (χ0v) is 11.7. The van der Waals surface area contributed by atoms with Crippen LogP contribution in [0.3, 0.4) is 0 Å². The third-order valence-corrected chi connectivity index (χ3v) is 4.34. The van der Waals surface area contributed by atoms with Gasteiger partial charge in [0.15, 0.2) is 0 Å². The smallest absolute Gasteiger partial charge is 0.354 e. The number of carboxylic acids is 1. The summed E-state index contributed by atoms with van der Waals surface area (Å²) in [5, 5.41) is 9.00. The molecule has 0 amide bonds. The van der Waals surface area contributed by atoms with Crippen LogP contribution in [-0.2, 0) is 6.54 Å². The highest BCUT2D eigenvalue weighted by molar-refractivity contribution is 5.85. The van der Waals surface area contributed by atoms with Crippen LogP contribution >= 0.6 is 0 Å². The number of hydrogen-bond acceptors (Lipinski definition) is 4. The van der Waals surface area contributed by atoms with E-state index in [0.29, 0.717) is 6.04 Å². The Hall–Kier alpha value is -1.46. The van der Waals surface area contributed by atoms with Crippen LogP contribution in [0.5, 0.6) is 0 Å². The molecule has 108 valence electrons. The first kappa shape index (κ1) is 13.5. The van der Waals surface area contributed by atoms with Crippen molar-refractivity contribution in [1.82, 2.24) is 14.8 Å². The van der Waals surface area contributed by atoms with Crippen LogP contribution in [0.2, 0.25) is 0 Å². The van der Waals surface area contributed by atoms with E-state index < -0.39 is 5.97 Å². The summed E-state index contributed by atoms with van der Waals surface area (Å²) in [6.45, 7) is 5.48. The molecule has 1 atom stereocenters. The van der Waals surface area contributed by atoms with Crippen molar-refractivity contribution in [3.63, 3.8) is 0 Å². The van der Waals surface area contributed by atoms with Gasteiger partial charge in [0.2, 0.25) is 0 Å². The van der Waals surface area contributed by atoms with E-state index in [1.54, 1.807) is 12.3 Å². The summed E-state index contributed by atoms with van der Waals surface area (Å²) in [7, 11) is 0. The van der Waals surface area contributed by atoms with Crippen molar-refractivity contribution in [3.8, 4) is 0 Å². The Morgan fingerprint density at radius 2 is 2.20 bits per heavy atom. The lowest BCUT2D eigenvalue weighted by molar-refractivity contribution is 0.0690. The van der Waals surface area contributed by atoms with Gasteiger partial charge in [-0.2, -0.15) is 0 Å². The minimum absolute atomic E-state index is 0.139. The molecule has 1 N–H and O–H groups in total. The van der Waals surface area contributed by atoms with E-state index >= 15 is 0 Å². The molecule has 2 saturated heterocycles. The van der Waals surface area contributed by atoms with Gasteiger partial charge in [0.05, 0.1) is 0 Å². The highest BCUT2D eigenvalue weighted by Gasteiger charge is 2.28. The van der Waals surface area contributed by atoms with E-state index in [9.17, 15) is 4.79 Å². The minimum atomic E-state index is -0.954. The quantitative estimate of drug-likeness (QED) is 0.905. The number of pyridine rings is 1. The summed E-state index contributed by atoms with van der Waals surface area (Å²) < 4.78 is 0. The van der Waals surface area contributed by atoms with Gasteiger partial charge in [0.25, 0.3) is 0 Å². The molecular formula is C15H21N3O2. The largest absolute Gasteiger partial charge is 0.477 e. The van der Waals surface area contributed by atoms with Crippen molar-refractivity contribution in [2.24, 2.45) is 0 Å². The highest BCUT2D eigenvalue weighted by atomic mass is 16.4. The lowest BCUT2D eigenvalue weighted by Gasteiger charge is -2.25. The zero-order chi connectivity index (χ0) is 13.9. The fourth-order valence-corrected chi connectivity index (χ4v) is 3.37. The summed E-state index contributed by atoms with van der Waals surface area (Å²) >= 11 is 0. The third-order valence-electron chi connectivity index (χ3n) is 4.34. The molecule has 0 saturated carbocycles. The lowest BCUT2D eigenvalue weighted by atomic mass is 10.1. The van der Waals surface area contributed by atoms with Crippen LogP contribution in [0, 0.1) is 0 Å². The van der Waals surface area contributed by atoms with Gasteiger partial charge in [0.1, 0.15) is 5.69 Å². The number of fused-ring (bicyclic) bond motifs is 1. The van der Waals surface area contributed by atoms with Gasteiger partial charge in [-0.05, 0) is 56.6 Å². The molecule has 5 nitrogen and oxygen atoms in total. The Morgan fingerprint density at radius 3 is 3.05 bits per heavy atom. The SMILES string of the molecule is O=C(O)c1cc(CN2CCCN3CCCC3C2)ccn1. The van der Waals surface area contributed by atoms with Gasteiger partial charge < -0.3 is 5.11 Å². The van der Waals surface area contributed by atoms with Gasteiger partial charge in [-0.1, -0.05) is 0 Å². The summed E-state index contributed by atoms with van der Waals surface area (Å²) in [6.07, 6.45) is 5.41. The van der Waals surface area contributed by atoms with Crippen LogP contribution in [0.25, 0.3) is 0 Å². The molecular weight excluding hydrogens is 254 g/mol. The topological polar surface area (TPSA) is 56.7 Å². The molecule has 0 aliphatic carbocycles. The van der Waals surface area contributed by atoms with Crippen molar-refractivity contribution in [1.29, 1.82) is 0 Å². The molecule has 1 unspecified atom stereocenters. The Bertz CT molecular complexity index is 492. The first-order valence-electron chi connectivity index (χ1n) is 7.37. The summed E-state index contributed by atoms with van der Waals surface area (Å²) in [5.74, 6) is -0.954. The molecule has 0 radical (unpaired) electrons. The standard InChI is InChI=1S/C15H21N3O2/c19-15(20)14-9-12(4-5-16-14)10-17-6-2-8-18-7-1-3-13(18)11-17/h4-5,9,13H,1-3,6-8,10-11H2,(H,19,20). The van der Waals surface area contributed by atoms with Crippen LogP contribution in [0.1, 0.15) is 35.3 Å². The number of rotatable bonds is 3. The second kappa shape index (κ2) is 5.89. The second-order valence-corrected chi connectivity index (χ2v) is 5.78. The Labute approximate surface area is 119 Å². The molecule has 1 aromatic rings. The monoisotopic (exact) mass is 275 g/mol. The highest BCUT2D eigenvalue weighted by Crippen LogP contribution is 2.22. The van der Waals surface area contributed by atoms with E-state index in [4.69, 9.17) is 5.11 Å². The van der Waals surface area contributed by atoms with Crippen molar-refractivity contribution in [2.75, 3.05) is 26.2 Å². The van der Waals surface area contributed by atoms with Crippen molar-refractivity contribution in [3.05, 3.63) is 29.6 Å². The Morgan fingerprint density at radius 1 is 1.35 bits per heavy atom. The number of carbonyl (C=O) groups is 1. The van der Waals surface area contributed by atoms with Crippen LogP contribution in [0.4, 0.5) is 0 Å². The number of hydrogen-bond donors (Lipinski definition) is 1. The van der Waals surface area contributed by atoms with E-state index in [1.807, 2.05) is 6.07 Å². The average Bonchev–Trinajstić information content (AvgIpc) is 2.78. The van der Waals surface area contributed by atoms with E-state index in [0.717, 1.165) is 25.2 Å². The molecule has 0 bridgehead atoms. The van der Waals surface area contributed by atoms with Gasteiger partial charge in [-0.3, -0.25) is 9.80 Å². The molecule has 0 aromatic carbocycles. The van der Waals surface area contributed by atoms with Crippen molar-refractivity contribution < 1.29 is 9.90 Å². The first-order valence-corrected chi connectivity index (χ1v) is 7.37. The van der Waals surface area contributed by atoms with Crippen LogP contribution in [0.15, 0.2) is 18.3 Å². The van der Waals surface area contributed by atoms with Gasteiger partial charge in [0, 0.05) is 25.3 Å². The summed E-state index contributed by atoms with van der Waals surface area (Å²) in [4.78, 5) is 19.9. The summed E-state index contributed by atoms with van der Waals surface area (Å²) in [6, 6.07) is 4.31.